The van der Waals surface area contributed by atoms with Crippen LogP contribution in [-0.2, 0) is 4.79 Å². The van der Waals surface area contributed by atoms with Crippen molar-refractivity contribution in [1.82, 2.24) is 20.2 Å². The number of aromatic amines is 1. The zero-order valence-corrected chi connectivity index (χ0v) is 13.0. The van der Waals surface area contributed by atoms with Crippen LogP contribution in [0.2, 0.25) is 0 Å². The highest BCUT2D eigenvalue weighted by atomic mass is 16.2. The Labute approximate surface area is 128 Å². The first-order chi connectivity index (χ1) is 10.3. The lowest BCUT2D eigenvalue weighted by atomic mass is 10.1. The first kappa shape index (κ1) is 14.6. The van der Waals surface area contributed by atoms with Crippen LogP contribution in [0.25, 0.3) is 11.0 Å². The molecule has 1 saturated heterocycles. The second-order valence-electron chi connectivity index (χ2n) is 6.68. The van der Waals surface area contributed by atoms with E-state index in [0.29, 0.717) is 18.5 Å². The molecule has 116 valence electrons. The fraction of sp³-hybridized carbons (Fsp3) is 0.438. The number of nitrogens with one attached hydrogen (secondary N) is 2. The predicted molar refractivity (Wildman–Crippen MR) is 83.4 cm³/mol. The predicted octanol–water partition coefficient (Wildman–Crippen LogP) is 1.69. The van der Waals surface area contributed by atoms with Crippen molar-refractivity contribution >= 4 is 22.8 Å². The lowest BCUT2D eigenvalue weighted by Gasteiger charge is -2.32. The third kappa shape index (κ3) is 2.68. The van der Waals surface area contributed by atoms with Crippen LogP contribution in [0.5, 0.6) is 0 Å². The summed E-state index contributed by atoms with van der Waals surface area (Å²) in [5.41, 5.74) is 2.00. The number of fused-ring (bicyclic) bond motifs is 1. The van der Waals surface area contributed by atoms with Gasteiger partial charge in [-0.05, 0) is 39.0 Å². The third-order valence-corrected chi connectivity index (χ3v) is 3.95. The molecule has 0 radical (unpaired) electrons. The van der Waals surface area contributed by atoms with Gasteiger partial charge in [0.15, 0.2) is 0 Å². The minimum Gasteiger partial charge on any atom is -0.347 e. The Morgan fingerprint density at radius 2 is 2.18 bits per heavy atom. The fourth-order valence-corrected chi connectivity index (χ4v) is 2.80. The molecule has 6 heteroatoms. The Bertz CT molecular complexity index is 729. The molecule has 0 bridgehead atoms. The smallest absolute Gasteiger partial charge is 0.251 e. The van der Waals surface area contributed by atoms with Crippen LogP contribution in [0.3, 0.4) is 0 Å². The number of benzene rings is 1. The number of nitrogens with zero attached hydrogens (tertiary/aromatic N) is 2. The van der Waals surface area contributed by atoms with Crippen LogP contribution in [0.15, 0.2) is 24.5 Å². The number of imidazole rings is 1. The third-order valence-electron chi connectivity index (χ3n) is 3.95. The average Bonchev–Trinajstić information content (AvgIpc) is 3.03. The molecule has 2 N–H and O–H groups in total. The number of carbonyl (C=O) groups is 2. The number of hydrogen-bond acceptors (Lipinski definition) is 3. The molecule has 1 atom stereocenters. The van der Waals surface area contributed by atoms with Gasteiger partial charge in [-0.3, -0.25) is 9.59 Å². The first-order valence-electron chi connectivity index (χ1n) is 7.39. The van der Waals surface area contributed by atoms with Crippen molar-refractivity contribution in [2.75, 3.05) is 6.54 Å². The van der Waals surface area contributed by atoms with Gasteiger partial charge in [-0.2, -0.15) is 0 Å². The fourth-order valence-electron chi connectivity index (χ4n) is 2.80. The van der Waals surface area contributed by atoms with Crippen molar-refractivity contribution in [3.8, 4) is 0 Å². The molecule has 1 aliphatic heterocycles. The van der Waals surface area contributed by atoms with Gasteiger partial charge in [0.05, 0.1) is 23.4 Å². The molecule has 2 aromatic rings. The Hall–Kier alpha value is -2.37. The van der Waals surface area contributed by atoms with Gasteiger partial charge in [0.25, 0.3) is 5.91 Å². The first-order valence-corrected chi connectivity index (χ1v) is 7.39. The van der Waals surface area contributed by atoms with Gasteiger partial charge < -0.3 is 15.2 Å². The van der Waals surface area contributed by atoms with E-state index in [-0.39, 0.29) is 23.4 Å². The van der Waals surface area contributed by atoms with E-state index in [4.69, 9.17) is 0 Å². The Morgan fingerprint density at radius 1 is 1.41 bits per heavy atom. The molecule has 0 unspecified atom stereocenters. The van der Waals surface area contributed by atoms with E-state index in [9.17, 15) is 9.59 Å². The van der Waals surface area contributed by atoms with Crippen LogP contribution in [0, 0.1) is 0 Å². The molecule has 1 aromatic carbocycles. The number of likely N-dealkylation sites (tertiary alicyclic amines) is 1. The monoisotopic (exact) mass is 300 g/mol. The second kappa shape index (κ2) is 5.12. The largest absolute Gasteiger partial charge is 0.347 e. The van der Waals surface area contributed by atoms with Gasteiger partial charge in [-0.1, -0.05) is 0 Å². The maximum atomic E-state index is 12.4. The van der Waals surface area contributed by atoms with E-state index in [2.05, 4.69) is 15.3 Å². The Morgan fingerprint density at radius 3 is 2.86 bits per heavy atom. The molecule has 2 amide bonds. The van der Waals surface area contributed by atoms with Crippen LogP contribution in [-0.4, -0.2) is 44.8 Å². The number of carbonyl (C=O) groups excluding carboxylic acids is 2. The summed E-state index contributed by atoms with van der Waals surface area (Å²) in [6.07, 6.45) is 1.96. The van der Waals surface area contributed by atoms with Gasteiger partial charge in [0.1, 0.15) is 0 Å². The van der Waals surface area contributed by atoms with Crippen LogP contribution in [0.1, 0.15) is 37.6 Å². The van der Waals surface area contributed by atoms with Crippen LogP contribution < -0.4 is 5.32 Å². The van der Waals surface area contributed by atoms with Gasteiger partial charge in [-0.25, -0.2) is 4.98 Å². The molecule has 1 aromatic heterocycles. The molecule has 0 saturated carbocycles. The molecule has 0 aliphatic carbocycles. The molecular formula is C16H20N4O2. The molecular weight excluding hydrogens is 280 g/mol. The van der Waals surface area contributed by atoms with E-state index in [0.717, 1.165) is 11.0 Å². The number of aromatic nitrogens is 2. The van der Waals surface area contributed by atoms with E-state index in [1.165, 1.54) is 0 Å². The normalized spacial score (nSPS) is 19.0. The molecule has 1 fully saturated rings. The van der Waals surface area contributed by atoms with E-state index in [1.54, 1.807) is 18.5 Å². The SMILES string of the molecule is CC(C)(C)N1C[C@@H](NC(=O)c2ccc3nc[nH]c3c2)CC1=O. The van der Waals surface area contributed by atoms with Crippen molar-refractivity contribution in [2.24, 2.45) is 0 Å². The maximum absolute atomic E-state index is 12.4. The minimum atomic E-state index is -0.217. The summed E-state index contributed by atoms with van der Waals surface area (Å²) in [5.74, 6) is -0.0770. The summed E-state index contributed by atoms with van der Waals surface area (Å²) in [4.78, 5) is 33.3. The second-order valence-corrected chi connectivity index (χ2v) is 6.68. The summed E-state index contributed by atoms with van der Waals surface area (Å²) in [6, 6.07) is 5.19. The van der Waals surface area contributed by atoms with E-state index in [1.807, 2.05) is 31.7 Å². The number of amides is 2. The van der Waals surface area contributed by atoms with Crippen LogP contribution in [0.4, 0.5) is 0 Å². The number of rotatable bonds is 2. The Balaban J connectivity index is 1.71. The zero-order valence-electron chi connectivity index (χ0n) is 13.0. The topological polar surface area (TPSA) is 78.1 Å². The van der Waals surface area contributed by atoms with Crippen molar-refractivity contribution in [3.63, 3.8) is 0 Å². The quantitative estimate of drug-likeness (QED) is 0.886. The molecule has 0 spiro atoms. The maximum Gasteiger partial charge on any atom is 0.251 e. The average molecular weight is 300 g/mol. The summed E-state index contributed by atoms with van der Waals surface area (Å²) < 4.78 is 0. The molecule has 2 heterocycles. The van der Waals surface area contributed by atoms with Gasteiger partial charge in [0, 0.05) is 24.1 Å². The highest BCUT2D eigenvalue weighted by Crippen LogP contribution is 2.22. The van der Waals surface area contributed by atoms with Gasteiger partial charge in [0.2, 0.25) is 5.91 Å². The van der Waals surface area contributed by atoms with Crippen molar-refractivity contribution in [3.05, 3.63) is 30.1 Å². The van der Waals surface area contributed by atoms with Crippen molar-refractivity contribution in [2.45, 2.75) is 38.8 Å². The lowest BCUT2D eigenvalue weighted by molar-refractivity contribution is -0.131. The standard InChI is InChI=1S/C16H20N4O2/c1-16(2,3)20-8-11(7-14(20)21)19-15(22)10-4-5-12-13(6-10)18-9-17-12/h4-6,9,11H,7-8H2,1-3H3,(H,17,18)(H,19,22)/t11-/m0/s1. The van der Waals surface area contributed by atoms with Crippen molar-refractivity contribution in [1.29, 1.82) is 0 Å². The summed E-state index contributed by atoms with van der Waals surface area (Å²) in [7, 11) is 0. The zero-order chi connectivity index (χ0) is 15.9. The van der Waals surface area contributed by atoms with Gasteiger partial charge >= 0.3 is 0 Å². The molecule has 3 rings (SSSR count). The van der Waals surface area contributed by atoms with Crippen LogP contribution >= 0.6 is 0 Å². The number of H-pyrrole nitrogens is 1. The Kier molecular flexibility index (Phi) is 3.39. The highest BCUT2D eigenvalue weighted by Gasteiger charge is 2.36. The van der Waals surface area contributed by atoms with E-state index >= 15 is 0 Å². The lowest BCUT2D eigenvalue weighted by Crippen LogP contribution is -2.44. The summed E-state index contributed by atoms with van der Waals surface area (Å²) in [5, 5.41) is 2.95. The summed E-state index contributed by atoms with van der Waals surface area (Å²) in [6.45, 7) is 6.56. The molecule has 22 heavy (non-hydrogen) atoms. The number of hydrogen-bond donors (Lipinski definition) is 2. The highest BCUT2D eigenvalue weighted by molar-refractivity contribution is 5.98. The molecule has 1 aliphatic rings. The summed E-state index contributed by atoms with van der Waals surface area (Å²) >= 11 is 0. The van der Waals surface area contributed by atoms with E-state index < -0.39 is 0 Å². The van der Waals surface area contributed by atoms with Crippen molar-refractivity contribution < 1.29 is 9.59 Å². The van der Waals surface area contributed by atoms with Gasteiger partial charge in [-0.15, -0.1) is 0 Å². The minimum absolute atomic E-state index is 0.0850. The molecule has 6 nitrogen and oxygen atoms in total.